The monoisotopic (exact) mass is 1460 g/mol. The number of hydrogen-bond donors (Lipinski definition) is 0. The molecule has 0 saturated heterocycles. The molecule has 8 nitrogen and oxygen atoms in total. The molecular weight excluding hydrogens is 1390 g/mol. The average molecular weight is 1460 g/mol. The maximum Gasteiger partial charge on any atom is 2.00 e. The minimum absolute atomic E-state index is 0. The number of carboxylic acid groups (broad SMARTS) is 4. The van der Waals surface area contributed by atoms with Crippen molar-refractivity contribution in [2.45, 2.75) is 69.0 Å². The molecule has 0 unspecified atom stereocenters. The van der Waals surface area contributed by atoms with Crippen LogP contribution in [-0.4, -0.2) is 23.9 Å². The third-order valence-corrected chi connectivity index (χ3v) is 21.1. The third kappa shape index (κ3) is 11.3. The number of carbonyl (C=O) groups excluding carboxylic acids is 4. The van der Waals surface area contributed by atoms with Gasteiger partial charge in [-0.3, -0.25) is 0 Å². The van der Waals surface area contributed by atoms with Crippen molar-refractivity contribution in [2.75, 3.05) is 0 Å². The van der Waals surface area contributed by atoms with Gasteiger partial charge in [0.05, 0.1) is 23.9 Å². The molecule has 0 bridgehead atoms. The largest absolute Gasteiger partial charge is 2.00 e. The number of carboxylic acids is 4. The Morgan fingerprint density at radius 3 is 0.357 bits per heavy atom. The Kier molecular flexibility index (Phi) is 20.1. The van der Waals surface area contributed by atoms with E-state index in [1.165, 1.54) is 0 Å². The normalized spacial score (nSPS) is 20.7. The fourth-order valence-electron chi connectivity index (χ4n) is 16.4. The molecule has 12 aromatic rings. The number of rotatable bonds is 16. The zero-order valence-electron chi connectivity index (χ0n) is 53.4. The number of benzene rings is 12. The molecule has 4 aliphatic carbocycles. The van der Waals surface area contributed by atoms with Crippen LogP contribution in [0.3, 0.4) is 0 Å². The molecule has 4 aliphatic rings. The van der Waals surface area contributed by atoms with Crippen LogP contribution in [0.15, 0.2) is 364 Å². The Balaban J connectivity index is 0.000000131. The van der Waals surface area contributed by atoms with Crippen LogP contribution < -0.4 is 20.4 Å². The van der Waals surface area contributed by atoms with Crippen molar-refractivity contribution in [3.63, 3.8) is 0 Å². The molecule has 0 aromatic heterocycles. The second-order valence-corrected chi connectivity index (χ2v) is 25.5. The number of carbonyl (C=O) groups is 4. The van der Waals surface area contributed by atoms with E-state index >= 15 is 0 Å². The van der Waals surface area contributed by atoms with E-state index in [2.05, 4.69) is 0 Å². The molecule has 12 aromatic carbocycles. The fraction of sp³-hybridized carbons (Fsp3) is 0.136. The van der Waals surface area contributed by atoms with Gasteiger partial charge in [-0.15, -0.1) is 0 Å². The van der Waals surface area contributed by atoms with E-state index in [0.29, 0.717) is 25.7 Å². The summed E-state index contributed by atoms with van der Waals surface area (Å²) >= 11 is 0. The molecule has 4 saturated carbocycles. The molecule has 0 spiro atoms. The fourth-order valence-corrected chi connectivity index (χ4v) is 16.4. The molecule has 16 rings (SSSR count). The van der Waals surface area contributed by atoms with Crippen LogP contribution in [-0.2, 0) is 101 Å². The van der Waals surface area contributed by atoms with Gasteiger partial charge in [-0.1, -0.05) is 364 Å². The summed E-state index contributed by atoms with van der Waals surface area (Å²) < 4.78 is 0. The minimum Gasteiger partial charge on any atom is -0.549 e. The standard InChI is InChI=1S/4C22H18O2.2Rh/c4*23-20(24)22(19-14-8-3-9-15-19)16-21(22,17-10-4-1-5-11-17)18-12-6-2-7-13-18;;/h4*1-15H,16H2,(H,23,24);;/q;;;;2*+2/p-4/t4*22-;;/m0000../s1. The van der Waals surface area contributed by atoms with E-state index in [-0.39, 0.29) is 39.0 Å². The summed E-state index contributed by atoms with van der Waals surface area (Å²) in [5.41, 5.74) is 4.88. The van der Waals surface area contributed by atoms with E-state index in [4.69, 9.17) is 0 Å². The molecule has 0 amide bonds. The summed E-state index contributed by atoms with van der Waals surface area (Å²) in [5, 5.41) is 49.3. The van der Waals surface area contributed by atoms with Crippen molar-refractivity contribution in [3.05, 3.63) is 431 Å². The molecule has 0 aliphatic heterocycles. The van der Waals surface area contributed by atoms with Crippen molar-refractivity contribution in [2.24, 2.45) is 0 Å². The Bertz CT molecular complexity index is 3880. The van der Waals surface area contributed by atoms with Crippen LogP contribution in [0.5, 0.6) is 0 Å². The summed E-state index contributed by atoms with van der Waals surface area (Å²) in [4.78, 5) is 49.3. The number of aliphatic carboxylic acids is 4. The predicted molar refractivity (Wildman–Crippen MR) is 366 cm³/mol. The summed E-state index contributed by atoms with van der Waals surface area (Å²) in [6.07, 6.45) is 2.06. The molecular formula is C88H68O8Rh2. The van der Waals surface area contributed by atoms with Gasteiger partial charge in [-0.2, -0.15) is 0 Å². The van der Waals surface area contributed by atoms with Crippen LogP contribution in [0.1, 0.15) is 92.4 Å². The number of hydrogen-bond acceptors (Lipinski definition) is 8. The van der Waals surface area contributed by atoms with Gasteiger partial charge in [-0.25, -0.2) is 0 Å². The van der Waals surface area contributed by atoms with Gasteiger partial charge in [0.25, 0.3) is 0 Å². The maximum atomic E-state index is 12.3. The SMILES string of the molecule is O=C([O-])[C@@]1(c2ccccc2)CC1(c1ccccc1)c1ccccc1.O=C([O-])[C@@]1(c2ccccc2)CC1(c1ccccc1)c1ccccc1.O=C([O-])[C@@]1(c2ccccc2)CC1(c1ccccc1)c1ccccc1.O=C([O-])[C@@]1(c2ccccc2)CC1(c1ccccc1)c1ccccc1.[Rh+2].[Rh+2]. The summed E-state index contributed by atoms with van der Waals surface area (Å²) in [7, 11) is 0. The van der Waals surface area contributed by atoms with Crippen molar-refractivity contribution in [3.8, 4) is 0 Å². The zero-order valence-corrected chi connectivity index (χ0v) is 56.7. The summed E-state index contributed by atoms with van der Waals surface area (Å²) in [6.45, 7) is 0. The Morgan fingerprint density at radius 2 is 0.265 bits per heavy atom. The van der Waals surface area contributed by atoms with Gasteiger partial charge >= 0.3 is 39.0 Å². The molecule has 4 fully saturated rings. The van der Waals surface area contributed by atoms with Gasteiger partial charge in [-0.05, 0) is 92.4 Å². The van der Waals surface area contributed by atoms with Gasteiger partial charge in [0.2, 0.25) is 0 Å². The van der Waals surface area contributed by atoms with Gasteiger partial charge in [0.15, 0.2) is 0 Å². The average Bonchev–Trinajstić information content (AvgIpc) is 1.53. The first-order valence-corrected chi connectivity index (χ1v) is 32.4. The van der Waals surface area contributed by atoms with Crippen molar-refractivity contribution < 1.29 is 78.6 Å². The molecule has 4 atom stereocenters. The maximum absolute atomic E-state index is 12.3. The molecule has 2 radical (unpaired) electrons. The van der Waals surface area contributed by atoms with Gasteiger partial charge in [0, 0.05) is 43.3 Å². The Morgan fingerprint density at radius 1 is 0.173 bits per heavy atom. The van der Waals surface area contributed by atoms with Gasteiger partial charge in [0.1, 0.15) is 0 Å². The second kappa shape index (κ2) is 28.5. The Hall–Kier alpha value is -10.2. The predicted octanol–water partition coefficient (Wildman–Crippen LogP) is 12.3. The first-order valence-electron chi connectivity index (χ1n) is 32.4. The van der Waals surface area contributed by atoms with Crippen LogP contribution >= 0.6 is 0 Å². The first-order chi connectivity index (χ1) is 46.9. The minimum atomic E-state index is -1.03. The van der Waals surface area contributed by atoms with Crippen LogP contribution in [0.2, 0.25) is 0 Å². The van der Waals surface area contributed by atoms with E-state index in [1.54, 1.807) is 0 Å². The van der Waals surface area contributed by atoms with Gasteiger partial charge < -0.3 is 39.6 Å². The molecule has 10 heteroatoms. The van der Waals surface area contributed by atoms with Crippen LogP contribution in [0, 0.1) is 0 Å². The van der Waals surface area contributed by atoms with E-state index < -0.39 is 67.2 Å². The van der Waals surface area contributed by atoms with E-state index in [9.17, 15) is 39.6 Å². The molecule has 486 valence electrons. The van der Waals surface area contributed by atoms with Crippen LogP contribution in [0.25, 0.3) is 0 Å². The third-order valence-electron chi connectivity index (χ3n) is 21.1. The molecule has 0 N–H and O–H groups in total. The van der Waals surface area contributed by atoms with Crippen LogP contribution in [0.4, 0.5) is 0 Å². The second-order valence-electron chi connectivity index (χ2n) is 25.5. The Labute approximate surface area is 597 Å². The van der Waals surface area contributed by atoms with Crippen molar-refractivity contribution >= 4 is 23.9 Å². The van der Waals surface area contributed by atoms with E-state index in [0.717, 1.165) is 66.8 Å². The summed E-state index contributed by atoms with van der Waals surface area (Å²) in [6, 6.07) is 117. The topological polar surface area (TPSA) is 161 Å². The summed E-state index contributed by atoms with van der Waals surface area (Å²) in [5.74, 6) is -4.05. The smallest absolute Gasteiger partial charge is 0.549 e. The molecule has 98 heavy (non-hydrogen) atoms. The molecule has 0 heterocycles. The first kappa shape index (κ1) is 69.1. The quantitative estimate of drug-likeness (QED) is 0.0864. The van der Waals surface area contributed by atoms with E-state index in [1.807, 2.05) is 364 Å². The van der Waals surface area contributed by atoms with Crippen molar-refractivity contribution in [1.82, 2.24) is 0 Å². The van der Waals surface area contributed by atoms with Crippen molar-refractivity contribution in [1.29, 1.82) is 0 Å². The zero-order chi connectivity index (χ0) is 66.5.